The van der Waals surface area contributed by atoms with Gasteiger partial charge in [0.2, 0.25) is 0 Å². The van der Waals surface area contributed by atoms with Crippen molar-refractivity contribution < 1.29 is 4.74 Å². The Morgan fingerprint density at radius 2 is 2.15 bits per heavy atom. The first-order valence-corrected chi connectivity index (χ1v) is 7.51. The molecule has 1 aromatic carbocycles. The maximum atomic E-state index is 6.09. The zero-order valence-corrected chi connectivity index (χ0v) is 12.2. The van der Waals surface area contributed by atoms with Gasteiger partial charge in [-0.2, -0.15) is 0 Å². The van der Waals surface area contributed by atoms with Gasteiger partial charge in [0.25, 0.3) is 0 Å². The Morgan fingerprint density at radius 3 is 2.90 bits per heavy atom. The van der Waals surface area contributed by atoms with Crippen LogP contribution in [0.1, 0.15) is 38.3 Å². The van der Waals surface area contributed by atoms with E-state index in [1.165, 1.54) is 16.3 Å². The molecule has 1 saturated heterocycles. The molecule has 0 spiro atoms. The Labute approximate surface area is 120 Å². The lowest BCUT2D eigenvalue weighted by Crippen LogP contribution is -2.32. The fourth-order valence-corrected chi connectivity index (χ4v) is 3.13. The summed E-state index contributed by atoms with van der Waals surface area (Å²) in [5.41, 5.74) is 1.25. The first-order chi connectivity index (χ1) is 9.79. The van der Waals surface area contributed by atoms with E-state index < -0.39 is 0 Å². The number of aromatic nitrogens is 1. The number of hydrogen-bond donors (Lipinski definition) is 1. The summed E-state index contributed by atoms with van der Waals surface area (Å²) < 4.78 is 6.09. The van der Waals surface area contributed by atoms with Crippen molar-refractivity contribution in [3.8, 4) is 0 Å². The quantitative estimate of drug-likeness (QED) is 0.924. The van der Waals surface area contributed by atoms with Gasteiger partial charge in [0.05, 0.1) is 18.2 Å². The second kappa shape index (κ2) is 5.90. The van der Waals surface area contributed by atoms with Crippen molar-refractivity contribution in [1.29, 1.82) is 0 Å². The number of hydrogen-bond acceptors (Lipinski definition) is 3. The van der Waals surface area contributed by atoms with Gasteiger partial charge in [-0.05, 0) is 37.3 Å². The molecule has 0 saturated carbocycles. The van der Waals surface area contributed by atoms with E-state index in [2.05, 4.69) is 48.4 Å². The summed E-state index contributed by atoms with van der Waals surface area (Å²) in [6.07, 6.45) is 6.79. The van der Waals surface area contributed by atoms with Crippen LogP contribution < -0.4 is 5.32 Å². The van der Waals surface area contributed by atoms with Crippen LogP contribution in [-0.4, -0.2) is 23.7 Å². The molecule has 2 heterocycles. The second-order valence-corrected chi connectivity index (χ2v) is 5.55. The number of benzene rings is 1. The summed E-state index contributed by atoms with van der Waals surface area (Å²) in [5.74, 6) is 0. The van der Waals surface area contributed by atoms with E-state index in [4.69, 9.17) is 4.74 Å². The largest absolute Gasteiger partial charge is 0.373 e. The summed E-state index contributed by atoms with van der Waals surface area (Å²) >= 11 is 0. The number of likely N-dealkylation sites (N-methyl/N-ethyl adjacent to an activating group) is 1. The van der Waals surface area contributed by atoms with Crippen molar-refractivity contribution in [2.75, 3.05) is 6.54 Å². The topological polar surface area (TPSA) is 34.2 Å². The Hall–Kier alpha value is -1.45. The smallest absolute Gasteiger partial charge is 0.0775 e. The fourth-order valence-electron chi connectivity index (χ4n) is 3.13. The van der Waals surface area contributed by atoms with Crippen LogP contribution in [0.3, 0.4) is 0 Å². The molecule has 0 radical (unpaired) electrons. The van der Waals surface area contributed by atoms with Crippen molar-refractivity contribution in [3.63, 3.8) is 0 Å². The molecule has 2 aromatic rings. The van der Waals surface area contributed by atoms with Gasteiger partial charge < -0.3 is 10.1 Å². The molecule has 0 aliphatic carbocycles. The number of pyridine rings is 1. The molecule has 3 unspecified atom stereocenters. The molecule has 0 amide bonds. The molecule has 1 aliphatic heterocycles. The van der Waals surface area contributed by atoms with E-state index in [1.807, 2.05) is 12.4 Å². The maximum Gasteiger partial charge on any atom is 0.0775 e. The maximum absolute atomic E-state index is 6.09. The summed E-state index contributed by atoms with van der Waals surface area (Å²) in [4.78, 5) is 4.41. The van der Waals surface area contributed by atoms with E-state index in [0.717, 1.165) is 19.4 Å². The van der Waals surface area contributed by atoms with Crippen molar-refractivity contribution in [3.05, 3.63) is 42.2 Å². The lowest BCUT2D eigenvalue weighted by atomic mass is 9.96. The first kappa shape index (κ1) is 13.5. The highest BCUT2D eigenvalue weighted by Crippen LogP contribution is 2.33. The monoisotopic (exact) mass is 270 g/mol. The standard InChI is InChI=1S/C17H22N2O/c1-3-19-17(16-9-8-12(2)20-16)15-11-18-10-13-6-4-5-7-14(13)15/h4-7,10-12,16-17,19H,3,8-9H2,1-2H3. The molecule has 3 atom stereocenters. The third-order valence-corrected chi connectivity index (χ3v) is 4.09. The summed E-state index contributed by atoms with van der Waals surface area (Å²) in [5, 5.41) is 6.06. The normalized spacial score (nSPS) is 24.1. The molecule has 20 heavy (non-hydrogen) atoms. The lowest BCUT2D eigenvalue weighted by molar-refractivity contribution is 0.0322. The Morgan fingerprint density at radius 1 is 1.30 bits per heavy atom. The Kier molecular flexibility index (Phi) is 3.99. The molecular formula is C17H22N2O. The summed E-state index contributed by atoms with van der Waals surface area (Å²) in [7, 11) is 0. The van der Waals surface area contributed by atoms with Gasteiger partial charge in [0, 0.05) is 17.8 Å². The first-order valence-electron chi connectivity index (χ1n) is 7.51. The molecule has 1 aromatic heterocycles. The molecule has 0 bridgehead atoms. The number of nitrogens with zero attached hydrogens (tertiary/aromatic N) is 1. The van der Waals surface area contributed by atoms with Crippen LogP contribution in [0.4, 0.5) is 0 Å². The molecule has 1 N–H and O–H groups in total. The highest BCUT2D eigenvalue weighted by molar-refractivity contribution is 5.85. The van der Waals surface area contributed by atoms with Crippen LogP contribution in [0.25, 0.3) is 10.8 Å². The Balaban J connectivity index is 2.01. The third-order valence-electron chi connectivity index (χ3n) is 4.09. The second-order valence-electron chi connectivity index (χ2n) is 5.55. The van der Waals surface area contributed by atoms with Crippen LogP contribution in [0.15, 0.2) is 36.7 Å². The predicted molar refractivity (Wildman–Crippen MR) is 81.7 cm³/mol. The zero-order valence-electron chi connectivity index (χ0n) is 12.2. The fraction of sp³-hybridized carbons (Fsp3) is 0.471. The van der Waals surface area contributed by atoms with Gasteiger partial charge >= 0.3 is 0 Å². The van der Waals surface area contributed by atoms with Crippen molar-refractivity contribution in [2.45, 2.75) is 44.9 Å². The van der Waals surface area contributed by atoms with Gasteiger partial charge in [-0.3, -0.25) is 4.98 Å². The van der Waals surface area contributed by atoms with Crippen molar-refractivity contribution >= 4 is 10.8 Å². The number of ether oxygens (including phenoxy) is 1. The van der Waals surface area contributed by atoms with E-state index in [0.29, 0.717) is 6.10 Å². The highest BCUT2D eigenvalue weighted by atomic mass is 16.5. The van der Waals surface area contributed by atoms with Crippen LogP contribution in [-0.2, 0) is 4.74 Å². The summed E-state index contributed by atoms with van der Waals surface area (Å²) in [6.45, 7) is 5.23. The van der Waals surface area contributed by atoms with E-state index in [9.17, 15) is 0 Å². The Bertz CT molecular complexity index is 579. The molecule has 1 aliphatic rings. The SMILES string of the molecule is CCNC(c1cncc2ccccc12)C1CCC(C)O1. The minimum absolute atomic E-state index is 0.226. The van der Waals surface area contributed by atoms with Gasteiger partial charge in [-0.15, -0.1) is 0 Å². The molecule has 3 nitrogen and oxygen atoms in total. The highest BCUT2D eigenvalue weighted by Gasteiger charge is 2.31. The van der Waals surface area contributed by atoms with Crippen LogP contribution in [0, 0.1) is 0 Å². The number of fused-ring (bicyclic) bond motifs is 1. The van der Waals surface area contributed by atoms with E-state index in [1.54, 1.807) is 0 Å². The van der Waals surface area contributed by atoms with E-state index in [-0.39, 0.29) is 12.1 Å². The predicted octanol–water partition coefficient (Wildman–Crippen LogP) is 3.45. The van der Waals surface area contributed by atoms with Crippen LogP contribution in [0.2, 0.25) is 0 Å². The lowest BCUT2D eigenvalue weighted by Gasteiger charge is -2.25. The molecule has 106 valence electrons. The molecular weight excluding hydrogens is 248 g/mol. The molecule has 1 fully saturated rings. The van der Waals surface area contributed by atoms with Crippen LogP contribution in [0.5, 0.6) is 0 Å². The average Bonchev–Trinajstić information content (AvgIpc) is 2.91. The number of nitrogens with one attached hydrogen (secondary N) is 1. The van der Waals surface area contributed by atoms with Gasteiger partial charge in [-0.1, -0.05) is 31.2 Å². The minimum atomic E-state index is 0.226. The van der Waals surface area contributed by atoms with Gasteiger partial charge in [-0.25, -0.2) is 0 Å². The van der Waals surface area contributed by atoms with Crippen LogP contribution >= 0.6 is 0 Å². The van der Waals surface area contributed by atoms with Gasteiger partial charge in [0.1, 0.15) is 0 Å². The third kappa shape index (κ3) is 2.56. The van der Waals surface area contributed by atoms with Crippen molar-refractivity contribution in [2.24, 2.45) is 0 Å². The van der Waals surface area contributed by atoms with Crippen molar-refractivity contribution in [1.82, 2.24) is 10.3 Å². The molecule has 3 rings (SSSR count). The number of rotatable bonds is 4. The van der Waals surface area contributed by atoms with E-state index >= 15 is 0 Å². The zero-order chi connectivity index (χ0) is 13.9. The minimum Gasteiger partial charge on any atom is -0.373 e. The summed E-state index contributed by atoms with van der Waals surface area (Å²) in [6, 6.07) is 8.67. The van der Waals surface area contributed by atoms with Gasteiger partial charge in [0.15, 0.2) is 0 Å². The molecule has 3 heteroatoms. The average molecular weight is 270 g/mol.